The molecule has 0 aliphatic heterocycles. The number of hydrogen-bond acceptors (Lipinski definition) is 15. The molecule has 0 saturated heterocycles. The molecular weight excluding hydrogens is 834 g/mol. The minimum Gasteiger partial charge on any atom is -0.478 e. The van der Waals surface area contributed by atoms with Crippen LogP contribution in [0.5, 0.6) is 0 Å². The van der Waals surface area contributed by atoms with Crippen LogP contribution in [0.1, 0.15) is 127 Å². The number of hydrogen-bond donors (Lipinski definition) is 2. The normalized spacial score (nSPS) is 10.6. The summed E-state index contributed by atoms with van der Waals surface area (Å²) in [6.45, 7) is 25.6. The van der Waals surface area contributed by atoms with E-state index in [1.54, 1.807) is 63.0 Å². The number of carboxylic acids is 1. The molecule has 19 heteroatoms. The Morgan fingerprint density at radius 1 is 0.540 bits per heavy atom. The highest BCUT2D eigenvalue weighted by molar-refractivity contribution is 6.29. The molecule has 0 aliphatic rings. The van der Waals surface area contributed by atoms with Gasteiger partial charge in [0, 0.05) is 6.92 Å². The van der Waals surface area contributed by atoms with E-state index in [0.717, 1.165) is 45.3 Å². The first-order valence-electron chi connectivity index (χ1n) is 19.1. The zero-order valence-corrected chi connectivity index (χ0v) is 38.6. The third-order valence-electron chi connectivity index (χ3n) is 7.47. The number of alkyl halides is 2. The van der Waals surface area contributed by atoms with Crippen LogP contribution in [0.25, 0.3) is 5.57 Å². The van der Waals surface area contributed by atoms with Crippen molar-refractivity contribution in [1.29, 1.82) is 0 Å². The molecule has 0 saturated carbocycles. The first kappa shape index (κ1) is 54.5. The molecule has 0 aliphatic carbocycles. The van der Waals surface area contributed by atoms with Crippen LogP contribution < -0.4 is 0 Å². The fraction of sp³-hybridized carbons (Fsp3) is 0.364. The third-order valence-corrected chi connectivity index (χ3v) is 7.66. The summed E-state index contributed by atoms with van der Waals surface area (Å²) >= 11 is 5.47. The van der Waals surface area contributed by atoms with Crippen LogP contribution in [-0.2, 0) is 16.9 Å². The Balaban J connectivity index is 0.000000380. The fourth-order valence-corrected chi connectivity index (χ4v) is 4.24. The van der Waals surface area contributed by atoms with Gasteiger partial charge in [-0.05, 0) is 153 Å². The number of aliphatic hydroxyl groups is 1. The van der Waals surface area contributed by atoms with Crippen LogP contribution in [0.2, 0.25) is 5.15 Å². The maximum Gasteiger partial charge on any atom is 0.337 e. The largest absolute Gasteiger partial charge is 0.478 e. The van der Waals surface area contributed by atoms with E-state index in [9.17, 15) is 23.5 Å². The second-order valence-electron chi connectivity index (χ2n) is 15.5. The first-order chi connectivity index (χ1) is 29.1. The molecule has 63 heavy (non-hydrogen) atoms. The van der Waals surface area contributed by atoms with Crippen LogP contribution >= 0.6 is 11.6 Å². The lowest BCUT2D eigenvalue weighted by molar-refractivity contribution is 0.0693. The van der Waals surface area contributed by atoms with Crippen LogP contribution in [0.4, 0.5) is 8.78 Å². The van der Waals surface area contributed by atoms with Gasteiger partial charge in [-0.3, -0.25) is 4.79 Å². The van der Waals surface area contributed by atoms with Gasteiger partial charge in [-0.1, -0.05) is 18.2 Å². The molecule has 0 aromatic carbocycles. The van der Waals surface area contributed by atoms with E-state index in [0.29, 0.717) is 22.2 Å². The number of ketones is 1. The van der Waals surface area contributed by atoms with Crippen molar-refractivity contribution < 1.29 is 28.6 Å². The zero-order valence-electron chi connectivity index (χ0n) is 37.8. The van der Waals surface area contributed by atoms with E-state index in [2.05, 4.69) is 67.8 Å². The molecule has 6 rings (SSSR count). The Hall–Kier alpha value is -6.53. The molecule has 16 nitrogen and oxygen atoms in total. The Morgan fingerprint density at radius 3 is 1.17 bits per heavy atom. The van der Waals surface area contributed by atoms with Crippen molar-refractivity contribution in [2.75, 3.05) is 0 Å². The number of allylic oxidation sites excluding steroid dienone is 1. The third kappa shape index (κ3) is 22.8. The highest BCUT2D eigenvalue weighted by Gasteiger charge is 2.23. The lowest BCUT2D eigenvalue weighted by atomic mass is 10.0. The Kier molecular flexibility index (Phi) is 22.0. The van der Waals surface area contributed by atoms with E-state index < -0.39 is 22.9 Å². The van der Waals surface area contributed by atoms with Crippen molar-refractivity contribution in [3.05, 3.63) is 147 Å². The number of carbonyl (C=O) groups is 2. The lowest BCUT2D eigenvalue weighted by Crippen LogP contribution is -2.18. The van der Waals surface area contributed by atoms with Gasteiger partial charge in [-0.25, -0.2) is 13.6 Å². The SMILES string of the molecule is C=C(C)c1cc(C)cnn1.CC(=O)c1cc(C)cnn1.CC(C)(F)c1cc(C(=O)O)cnn1.Cc1cnnc(C(C)(C)F)c1.Cc1cnnc(C(C)(C)O)c1.Cc1cnnc(Cl)c1. The van der Waals surface area contributed by atoms with Crippen LogP contribution in [0, 0.1) is 34.6 Å². The molecular formula is C44H55ClF2N12O4. The minimum absolute atomic E-state index is 0.0207. The predicted molar refractivity (Wildman–Crippen MR) is 236 cm³/mol. The first-order valence-corrected chi connectivity index (χ1v) is 19.4. The molecule has 0 spiro atoms. The Bertz CT molecular complexity index is 2280. The van der Waals surface area contributed by atoms with Gasteiger partial charge in [-0.15, -0.1) is 10.2 Å². The molecule has 0 unspecified atom stereocenters. The van der Waals surface area contributed by atoms with Gasteiger partial charge in [0.25, 0.3) is 0 Å². The van der Waals surface area contributed by atoms with Crippen LogP contribution in [0.15, 0.2) is 80.2 Å². The van der Waals surface area contributed by atoms with Crippen molar-refractivity contribution in [2.45, 2.75) is 107 Å². The number of carbonyl (C=O) groups excluding carboxylic acids is 1. The van der Waals surface area contributed by atoms with Gasteiger partial charge in [0.15, 0.2) is 10.9 Å². The summed E-state index contributed by atoms with van der Waals surface area (Å²) in [6, 6.07) is 10.1. The number of nitrogens with zero attached hydrogens (tertiary/aromatic N) is 12. The second kappa shape index (κ2) is 25.4. The summed E-state index contributed by atoms with van der Waals surface area (Å²) in [7, 11) is 0. The maximum absolute atomic E-state index is 13.3. The number of halogens is 3. The zero-order chi connectivity index (χ0) is 48.1. The highest BCUT2D eigenvalue weighted by atomic mass is 35.5. The number of aromatic carboxylic acids is 1. The topological polar surface area (TPSA) is 229 Å². The summed E-state index contributed by atoms with van der Waals surface area (Å²) in [5, 5.41) is 62.5. The summed E-state index contributed by atoms with van der Waals surface area (Å²) in [4.78, 5) is 21.2. The molecule has 6 aromatic heterocycles. The molecule has 0 fully saturated rings. The van der Waals surface area contributed by atoms with E-state index in [-0.39, 0.29) is 17.0 Å². The fourth-order valence-electron chi connectivity index (χ4n) is 4.03. The van der Waals surface area contributed by atoms with E-state index in [1.165, 1.54) is 40.7 Å². The second-order valence-corrected chi connectivity index (χ2v) is 15.9. The van der Waals surface area contributed by atoms with Crippen molar-refractivity contribution in [3.63, 3.8) is 0 Å². The monoisotopic (exact) mass is 888 g/mol. The van der Waals surface area contributed by atoms with E-state index in [1.807, 2.05) is 53.7 Å². The smallest absolute Gasteiger partial charge is 0.337 e. The van der Waals surface area contributed by atoms with E-state index >= 15 is 0 Å². The summed E-state index contributed by atoms with van der Waals surface area (Å²) in [5.41, 5.74) is 4.32. The summed E-state index contributed by atoms with van der Waals surface area (Å²) in [6.07, 6.45) is 9.35. The predicted octanol–water partition coefficient (Wildman–Crippen LogP) is 8.63. The van der Waals surface area contributed by atoms with Crippen molar-refractivity contribution >= 4 is 28.9 Å². The van der Waals surface area contributed by atoms with Gasteiger partial charge in [0.05, 0.1) is 59.8 Å². The molecule has 0 amide bonds. The number of rotatable bonds is 6. The molecule has 0 radical (unpaired) electrons. The molecule has 2 N–H and O–H groups in total. The van der Waals surface area contributed by atoms with E-state index in [4.69, 9.17) is 16.7 Å². The van der Waals surface area contributed by atoms with Crippen LogP contribution in [0.3, 0.4) is 0 Å². The standard InChI is InChI=1S/C8H9FN2O2.C8H11FN2.C8H12N2O.C8H10N2.C7H8N2O.C5H5ClN2/c1-8(2,9)6-3-5(7(12)13)4-10-11-6;1-6-4-7(8(2,3)9)11-10-5-6;1-6-4-7(8(2,3)11)10-9-5-6;1-6(2)8-4-7(3)5-9-10-8;1-5-3-7(6(2)10)9-8-4-5;1-4-2-5(6)8-7-3-4/h3-4H,1-2H3,(H,12,13);4-5H,1-3H3;4-5,11H,1-3H3;4-5H,1H2,2-3H3;3-4H,1-2H3;2-3H,1H3. The molecule has 6 aromatic rings. The quantitative estimate of drug-likeness (QED) is 0.149. The maximum atomic E-state index is 13.3. The number of Topliss-reactive ketones (excluding diaryl/α,β-unsaturated/α-hetero) is 1. The minimum atomic E-state index is -1.67. The van der Waals surface area contributed by atoms with Gasteiger partial charge in [-0.2, -0.15) is 51.0 Å². The van der Waals surface area contributed by atoms with Gasteiger partial charge >= 0.3 is 5.97 Å². The number of aromatic nitrogens is 12. The summed E-state index contributed by atoms with van der Waals surface area (Å²) < 4.78 is 26.5. The number of aryl methyl sites for hydroxylation is 5. The molecule has 6 heterocycles. The van der Waals surface area contributed by atoms with Crippen molar-refractivity contribution in [2.24, 2.45) is 0 Å². The molecule has 336 valence electrons. The average molecular weight is 889 g/mol. The highest BCUT2D eigenvalue weighted by Crippen LogP contribution is 2.23. The lowest BCUT2D eigenvalue weighted by Gasteiger charge is -2.15. The van der Waals surface area contributed by atoms with Gasteiger partial charge < -0.3 is 10.2 Å². The van der Waals surface area contributed by atoms with Crippen molar-refractivity contribution in [1.82, 2.24) is 61.2 Å². The Labute approximate surface area is 371 Å². The Morgan fingerprint density at radius 2 is 0.889 bits per heavy atom. The van der Waals surface area contributed by atoms with Gasteiger partial charge in [0.1, 0.15) is 28.3 Å². The molecule has 0 atom stereocenters. The van der Waals surface area contributed by atoms with Gasteiger partial charge in [0.2, 0.25) is 0 Å². The summed E-state index contributed by atoms with van der Waals surface area (Å²) in [5.74, 6) is -1.18. The van der Waals surface area contributed by atoms with Crippen LogP contribution in [-0.4, -0.2) is 83.1 Å². The molecule has 0 bridgehead atoms. The van der Waals surface area contributed by atoms with Crippen molar-refractivity contribution in [3.8, 4) is 0 Å². The number of carboxylic acid groups (broad SMARTS) is 1. The average Bonchev–Trinajstić information content (AvgIpc) is 3.18.